The summed E-state index contributed by atoms with van der Waals surface area (Å²) in [7, 11) is 0. The van der Waals surface area contributed by atoms with Crippen LogP contribution in [0, 0.1) is 46.5 Å². The lowest BCUT2D eigenvalue weighted by Crippen LogP contribution is -2.39. The molecule has 254 valence electrons. The lowest BCUT2D eigenvalue weighted by Gasteiger charge is -2.36. The first-order valence-electron chi connectivity index (χ1n) is 15.5. The summed E-state index contributed by atoms with van der Waals surface area (Å²) in [4.78, 5) is 0. The van der Waals surface area contributed by atoms with E-state index in [-0.39, 0.29) is 22.3 Å². The van der Waals surface area contributed by atoms with Gasteiger partial charge in [0.25, 0.3) is 0 Å². The van der Waals surface area contributed by atoms with E-state index in [1.807, 2.05) is 0 Å². The van der Waals surface area contributed by atoms with Gasteiger partial charge in [0.1, 0.15) is 46.5 Å². The molecule has 2 N–H and O–H groups in total. The first-order valence-corrected chi connectivity index (χ1v) is 15.5. The fraction of sp³-hybridized carbons (Fsp3) is 0.100. The molecule has 0 saturated heterocycles. The monoisotopic (exact) mass is 688 g/mol. The van der Waals surface area contributed by atoms with Crippen LogP contribution < -0.4 is 10.6 Å². The Bertz CT molecular complexity index is 1760. The van der Waals surface area contributed by atoms with Crippen molar-refractivity contribution in [1.82, 2.24) is 10.6 Å². The first-order chi connectivity index (χ1) is 24.0. The van der Waals surface area contributed by atoms with Gasteiger partial charge in [-0.1, -0.05) is 60.7 Å². The van der Waals surface area contributed by atoms with Crippen LogP contribution in [0.15, 0.2) is 133 Å². The Labute approximate surface area is 283 Å². The fourth-order valence-electron chi connectivity index (χ4n) is 6.19. The van der Waals surface area contributed by atoms with E-state index in [1.165, 1.54) is 0 Å². The van der Waals surface area contributed by atoms with E-state index in [9.17, 15) is 35.1 Å². The van der Waals surface area contributed by atoms with Crippen LogP contribution in [0.2, 0.25) is 0 Å². The maximum Gasteiger partial charge on any atom is 0.126 e. The van der Waals surface area contributed by atoms with Crippen molar-refractivity contribution < 1.29 is 35.1 Å². The highest BCUT2D eigenvalue weighted by Crippen LogP contribution is 2.38. The van der Waals surface area contributed by atoms with Crippen molar-refractivity contribution in [2.45, 2.75) is 24.2 Å². The highest BCUT2D eigenvalue weighted by molar-refractivity contribution is 5.38. The van der Waals surface area contributed by atoms with Gasteiger partial charge in [0, 0.05) is 24.3 Å². The largest absolute Gasteiger partial charge is 0.298 e. The second-order valence-corrected chi connectivity index (χ2v) is 11.8. The highest BCUT2D eigenvalue weighted by atomic mass is 19.2. The summed E-state index contributed by atoms with van der Waals surface area (Å²) in [6, 6.07) is 23.9. The molecule has 6 aromatic rings. The molecule has 0 fully saturated rings. The van der Waals surface area contributed by atoms with E-state index in [2.05, 4.69) is 10.6 Å². The summed E-state index contributed by atoms with van der Waals surface area (Å²) in [5.41, 5.74) is 1.13. The average molecular weight is 689 g/mol. The summed E-state index contributed by atoms with van der Waals surface area (Å²) in [6.45, 7) is 0. The molecule has 0 unspecified atom stereocenters. The number of hydrogen-bond acceptors (Lipinski definition) is 2. The molecule has 0 radical (unpaired) electrons. The normalized spacial score (nSPS) is 12.8. The van der Waals surface area contributed by atoms with Gasteiger partial charge in [0.2, 0.25) is 0 Å². The number of nitrogens with one attached hydrogen (secondary N) is 2. The second kappa shape index (κ2) is 15.1. The quantitative estimate of drug-likeness (QED) is 0.132. The van der Waals surface area contributed by atoms with Gasteiger partial charge in [-0.05, 0) is 81.9 Å². The lowest BCUT2D eigenvalue weighted by atomic mass is 9.88. The predicted octanol–water partition coefficient (Wildman–Crippen LogP) is 10.3. The second-order valence-electron chi connectivity index (χ2n) is 11.8. The standard InChI is InChI=1S/C40H28F8N2/c41-29-11-25(12-30(42)19-29)37(26-13-31(43)20-32(44)14-26)49-39(23-7-3-1-4-8-23)40(24-9-5-2-6-10-24)50-38(27-15-33(45)21-34(46)16-27)28-17-35(47)22-36(48)18-28/h1-22,37-40,49-50H/t39-,40-/m0/s1. The van der Waals surface area contributed by atoms with Crippen molar-refractivity contribution in [2.75, 3.05) is 0 Å². The van der Waals surface area contributed by atoms with Gasteiger partial charge in [-0.15, -0.1) is 0 Å². The molecule has 0 aliphatic carbocycles. The smallest absolute Gasteiger partial charge is 0.126 e. The highest BCUT2D eigenvalue weighted by Gasteiger charge is 2.32. The minimum absolute atomic E-state index is 0.00352. The molecule has 2 nitrogen and oxygen atoms in total. The first kappa shape index (κ1) is 34.5. The Morgan fingerprint density at radius 2 is 0.500 bits per heavy atom. The molecule has 0 aliphatic heterocycles. The van der Waals surface area contributed by atoms with Crippen LogP contribution in [0.5, 0.6) is 0 Å². The number of halogens is 8. The van der Waals surface area contributed by atoms with Gasteiger partial charge >= 0.3 is 0 Å². The van der Waals surface area contributed by atoms with Gasteiger partial charge in [-0.3, -0.25) is 10.6 Å². The lowest BCUT2D eigenvalue weighted by molar-refractivity contribution is 0.343. The van der Waals surface area contributed by atoms with Crippen LogP contribution in [-0.2, 0) is 0 Å². The SMILES string of the molecule is Fc1cc(F)cc(C(N[C@@H](c2ccccc2)[C@@H](NC(c2cc(F)cc(F)c2)c2cc(F)cc(F)c2)c2ccccc2)c2cc(F)cc(F)c2)c1. The van der Waals surface area contributed by atoms with Crippen LogP contribution in [0.4, 0.5) is 35.1 Å². The summed E-state index contributed by atoms with van der Waals surface area (Å²) in [5.74, 6) is -7.45. The van der Waals surface area contributed by atoms with Gasteiger partial charge in [-0.2, -0.15) is 0 Å². The van der Waals surface area contributed by atoms with Crippen molar-refractivity contribution in [2.24, 2.45) is 0 Å². The van der Waals surface area contributed by atoms with Crippen molar-refractivity contribution in [3.8, 4) is 0 Å². The molecule has 0 spiro atoms. The Kier molecular flexibility index (Phi) is 10.4. The predicted molar refractivity (Wildman–Crippen MR) is 174 cm³/mol. The molecule has 0 saturated carbocycles. The molecule has 0 bridgehead atoms. The van der Waals surface area contributed by atoms with E-state index >= 15 is 0 Å². The Balaban J connectivity index is 1.56. The molecule has 0 aliphatic rings. The third kappa shape index (κ3) is 8.27. The zero-order valence-electron chi connectivity index (χ0n) is 26.0. The summed E-state index contributed by atoms with van der Waals surface area (Å²) >= 11 is 0. The summed E-state index contributed by atoms with van der Waals surface area (Å²) in [6.07, 6.45) is 0. The Morgan fingerprint density at radius 1 is 0.280 bits per heavy atom. The molecule has 0 amide bonds. The van der Waals surface area contributed by atoms with Crippen LogP contribution >= 0.6 is 0 Å². The van der Waals surface area contributed by atoms with Gasteiger partial charge in [0.05, 0.1) is 24.2 Å². The number of hydrogen-bond donors (Lipinski definition) is 2. The van der Waals surface area contributed by atoms with E-state index in [0.29, 0.717) is 35.4 Å². The van der Waals surface area contributed by atoms with Crippen LogP contribution in [0.25, 0.3) is 0 Å². The topological polar surface area (TPSA) is 24.1 Å². The average Bonchev–Trinajstić information content (AvgIpc) is 3.05. The molecule has 0 heterocycles. The summed E-state index contributed by atoms with van der Waals surface area (Å²) < 4.78 is 117. The summed E-state index contributed by atoms with van der Waals surface area (Å²) in [5, 5.41) is 6.68. The van der Waals surface area contributed by atoms with Crippen molar-refractivity contribution in [3.63, 3.8) is 0 Å². The molecule has 50 heavy (non-hydrogen) atoms. The molecule has 2 atom stereocenters. The van der Waals surface area contributed by atoms with Crippen molar-refractivity contribution in [3.05, 3.63) is 213 Å². The van der Waals surface area contributed by atoms with E-state index < -0.39 is 70.7 Å². The van der Waals surface area contributed by atoms with E-state index in [0.717, 1.165) is 48.5 Å². The van der Waals surface area contributed by atoms with Gasteiger partial charge in [0.15, 0.2) is 0 Å². The molecular formula is C40H28F8N2. The van der Waals surface area contributed by atoms with Crippen LogP contribution in [-0.4, -0.2) is 0 Å². The van der Waals surface area contributed by atoms with Crippen molar-refractivity contribution >= 4 is 0 Å². The van der Waals surface area contributed by atoms with Crippen molar-refractivity contribution in [1.29, 1.82) is 0 Å². The van der Waals surface area contributed by atoms with E-state index in [4.69, 9.17) is 0 Å². The Morgan fingerprint density at radius 3 is 0.720 bits per heavy atom. The number of rotatable bonds is 11. The Hall–Kier alpha value is -5.32. The van der Waals surface area contributed by atoms with Crippen LogP contribution in [0.3, 0.4) is 0 Å². The zero-order chi connectivity index (χ0) is 35.4. The molecular weight excluding hydrogens is 660 g/mol. The molecule has 10 heteroatoms. The molecule has 0 aromatic heterocycles. The van der Waals surface area contributed by atoms with Gasteiger partial charge in [-0.25, -0.2) is 35.1 Å². The number of benzene rings is 6. The van der Waals surface area contributed by atoms with E-state index in [1.54, 1.807) is 60.7 Å². The minimum atomic E-state index is -1.24. The maximum atomic E-state index is 14.7. The maximum absolute atomic E-state index is 14.7. The molecule has 6 aromatic carbocycles. The third-order valence-electron chi connectivity index (χ3n) is 8.22. The third-order valence-corrected chi connectivity index (χ3v) is 8.22. The van der Waals surface area contributed by atoms with Gasteiger partial charge < -0.3 is 0 Å². The zero-order valence-corrected chi connectivity index (χ0v) is 26.0. The van der Waals surface area contributed by atoms with Crippen LogP contribution in [0.1, 0.15) is 57.5 Å². The minimum Gasteiger partial charge on any atom is -0.298 e. The fourth-order valence-corrected chi connectivity index (χ4v) is 6.19. The molecule has 6 rings (SSSR count).